The van der Waals surface area contributed by atoms with Crippen LogP contribution in [0.3, 0.4) is 0 Å². The van der Waals surface area contributed by atoms with Crippen LogP contribution in [0.25, 0.3) is 0 Å². The second-order valence-corrected chi connectivity index (χ2v) is 4.75. The molecule has 0 spiro atoms. The lowest BCUT2D eigenvalue weighted by Gasteiger charge is -2.05. The predicted octanol–water partition coefficient (Wildman–Crippen LogP) is 3.62. The number of pyridine rings is 1. The molecule has 0 N–H and O–H groups in total. The molecule has 0 aliphatic rings. The Kier molecular flexibility index (Phi) is 4.60. The van der Waals surface area contributed by atoms with Crippen LogP contribution >= 0.6 is 23.4 Å². The molecular weight excluding hydrogens is 202 g/mol. The summed E-state index contributed by atoms with van der Waals surface area (Å²) in [4.78, 5) is 4.03. The number of hydrogen-bond donors (Lipinski definition) is 0. The summed E-state index contributed by atoms with van der Waals surface area (Å²) in [6.07, 6.45) is 1.72. The highest BCUT2D eigenvalue weighted by Crippen LogP contribution is 2.19. The minimum absolute atomic E-state index is 0.638. The van der Waals surface area contributed by atoms with E-state index in [4.69, 9.17) is 11.6 Å². The molecule has 1 heterocycles. The maximum atomic E-state index is 5.92. The third-order valence-corrected chi connectivity index (χ3v) is 3.30. The number of aromatic nitrogens is 1. The Morgan fingerprint density at radius 1 is 1.54 bits per heavy atom. The Morgan fingerprint density at radius 2 is 2.31 bits per heavy atom. The van der Waals surface area contributed by atoms with Gasteiger partial charge in [0.05, 0.1) is 0 Å². The van der Waals surface area contributed by atoms with Crippen molar-refractivity contribution in [1.29, 1.82) is 0 Å². The molecule has 72 valence electrons. The summed E-state index contributed by atoms with van der Waals surface area (Å²) in [6, 6.07) is 3.96. The molecule has 0 aliphatic carbocycles. The summed E-state index contributed by atoms with van der Waals surface area (Å²) in [5.41, 5.74) is 1.13. The monoisotopic (exact) mass is 215 g/mol. The summed E-state index contributed by atoms with van der Waals surface area (Å²) in [5.74, 6) is 2.87. The molecule has 0 unspecified atom stereocenters. The third kappa shape index (κ3) is 4.01. The van der Waals surface area contributed by atoms with Crippen LogP contribution in [0.15, 0.2) is 18.3 Å². The number of halogens is 1. The van der Waals surface area contributed by atoms with Crippen molar-refractivity contribution in [2.24, 2.45) is 5.92 Å². The number of thioether (sulfide) groups is 1. The van der Waals surface area contributed by atoms with E-state index in [9.17, 15) is 0 Å². The van der Waals surface area contributed by atoms with Crippen molar-refractivity contribution in [3.05, 3.63) is 29.0 Å². The lowest BCUT2D eigenvalue weighted by atomic mass is 10.3. The first-order chi connectivity index (χ1) is 6.20. The quantitative estimate of drug-likeness (QED) is 0.712. The van der Waals surface area contributed by atoms with E-state index < -0.39 is 0 Å². The van der Waals surface area contributed by atoms with E-state index in [1.54, 1.807) is 6.20 Å². The summed E-state index contributed by atoms with van der Waals surface area (Å²) in [5, 5.41) is 0.638. The van der Waals surface area contributed by atoms with Gasteiger partial charge in [-0.05, 0) is 23.3 Å². The fourth-order valence-electron chi connectivity index (χ4n) is 0.932. The molecular formula is C10H14ClNS. The highest BCUT2D eigenvalue weighted by Gasteiger charge is 2.00. The summed E-state index contributed by atoms with van der Waals surface area (Å²) in [6.45, 7) is 4.44. The van der Waals surface area contributed by atoms with E-state index >= 15 is 0 Å². The topological polar surface area (TPSA) is 12.9 Å². The Balaban J connectivity index is 2.41. The van der Waals surface area contributed by atoms with Crippen LogP contribution in [0.1, 0.15) is 19.4 Å². The van der Waals surface area contributed by atoms with E-state index in [-0.39, 0.29) is 0 Å². The summed E-state index contributed by atoms with van der Waals surface area (Å²) >= 11 is 7.82. The highest BCUT2D eigenvalue weighted by molar-refractivity contribution is 7.98. The Hall–Kier alpha value is -0.210. The second-order valence-electron chi connectivity index (χ2n) is 3.36. The minimum atomic E-state index is 0.638. The van der Waals surface area contributed by atoms with Crippen molar-refractivity contribution < 1.29 is 0 Å². The van der Waals surface area contributed by atoms with Crippen molar-refractivity contribution >= 4 is 23.4 Å². The van der Waals surface area contributed by atoms with Gasteiger partial charge >= 0.3 is 0 Å². The normalized spacial score (nSPS) is 10.8. The summed E-state index contributed by atoms with van der Waals surface area (Å²) in [7, 11) is 0. The molecule has 1 rings (SSSR count). The molecule has 0 saturated carbocycles. The van der Waals surface area contributed by atoms with Crippen molar-refractivity contribution in [3.63, 3.8) is 0 Å². The number of hydrogen-bond acceptors (Lipinski definition) is 2. The Morgan fingerprint density at radius 3 is 2.92 bits per heavy atom. The average Bonchev–Trinajstić information content (AvgIpc) is 2.08. The fraction of sp³-hybridized carbons (Fsp3) is 0.500. The van der Waals surface area contributed by atoms with Crippen LogP contribution < -0.4 is 0 Å². The van der Waals surface area contributed by atoms with Gasteiger partial charge in [0.15, 0.2) is 0 Å². The van der Waals surface area contributed by atoms with Gasteiger partial charge in [-0.15, -0.1) is 0 Å². The minimum Gasteiger partial charge on any atom is -0.244 e. The molecule has 0 aliphatic heterocycles. The van der Waals surface area contributed by atoms with Crippen molar-refractivity contribution in [2.45, 2.75) is 19.6 Å². The van der Waals surface area contributed by atoms with E-state index in [2.05, 4.69) is 18.8 Å². The molecule has 0 saturated heterocycles. The molecule has 1 aromatic rings. The van der Waals surface area contributed by atoms with Crippen LogP contribution in [-0.4, -0.2) is 10.7 Å². The molecule has 1 nitrogen and oxygen atoms in total. The van der Waals surface area contributed by atoms with E-state index in [0.29, 0.717) is 5.15 Å². The van der Waals surface area contributed by atoms with Gasteiger partial charge in [0.25, 0.3) is 0 Å². The van der Waals surface area contributed by atoms with Crippen LogP contribution in [-0.2, 0) is 5.75 Å². The van der Waals surface area contributed by atoms with Crippen molar-refractivity contribution in [2.75, 3.05) is 5.75 Å². The first-order valence-corrected chi connectivity index (χ1v) is 5.90. The fourth-order valence-corrected chi connectivity index (χ4v) is 2.24. The van der Waals surface area contributed by atoms with Gasteiger partial charge in [0.2, 0.25) is 0 Å². The number of nitrogens with zero attached hydrogens (tertiary/aromatic N) is 1. The Labute approximate surface area is 88.9 Å². The van der Waals surface area contributed by atoms with Crippen LogP contribution in [0.5, 0.6) is 0 Å². The molecule has 0 bridgehead atoms. The van der Waals surface area contributed by atoms with Gasteiger partial charge in [-0.1, -0.05) is 31.5 Å². The molecule has 0 fully saturated rings. The zero-order valence-corrected chi connectivity index (χ0v) is 9.53. The first kappa shape index (κ1) is 10.9. The largest absolute Gasteiger partial charge is 0.244 e. The second kappa shape index (κ2) is 5.51. The molecule has 1 aromatic heterocycles. The molecule has 0 amide bonds. The van der Waals surface area contributed by atoms with Crippen molar-refractivity contribution in [3.8, 4) is 0 Å². The maximum absolute atomic E-state index is 5.92. The molecule has 0 radical (unpaired) electrons. The SMILES string of the molecule is CC(C)CSCc1cccnc1Cl. The van der Waals surface area contributed by atoms with Gasteiger partial charge in [0.1, 0.15) is 5.15 Å². The number of rotatable bonds is 4. The lowest BCUT2D eigenvalue weighted by Crippen LogP contribution is -1.92. The van der Waals surface area contributed by atoms with Gasteiger partial charge in [-0.3, -0.25) is 0 Å². The van der Waals surface area contributed by atoms with Gasteiger partial charge in [-0.25, -0.2) is 4.98 Å². The van der Waals surface area contributed by atoms with Gasteiger partial charge in [-0.2, -0.15) is 11.8 Å². The lowest BCUT2D eigenvalue weighted by molar-refractivity contribution is 0.750. The first-order valence-electron chi connectivity index (χ1n) is 4.37. The molecule has 0 atom stereocenters. The maximum Gasteiger partial charge on any atom is 0.133 e. The van der Waals surface area contributed by atoms with E-state index in [1.807, 2.05) is 23.9 Å². The zero-order chi connectivity index (χ0) is 9.68. The van der Waals surface area contributed by atoms with Gasteiger partial charge in [0, 0.05) is 11.9 Å². The van der Waals surface area contributed by atoms with E-state index in [0.717, 1.165) is 17.2 Å². The molecule has 0 aromatic carbocycles. The zero-order valence-electron chi connectivity index (χ0n) is 7.96. The highest BCUT2D eigenvalue weighted by atomic mass is 35.5. The average molecular weight is 216 g/mol. The molecule has 3 heteroatoms. The van der Waals surface area contributed by atoms with Crippen LogP contribution in [0, 0.1) is 5.92 Å². The van der Waals surface area contributed by atoms with Gasteiger partial charge < -0.3 is 0 Å². The standard InChI is InChI=1S/C10H14ClNS/c1-8(2)6-13-7-9-4-3-5-12-10(9)11/h3-5,8H,6-7H2,1-2H3. The molecule has 13 heavy (non-hydrogen) atoms. The van der Waals surface area contributed by atoms with Crippen LogP contribution in [0.2, 0.25) is 5.15 Å². The predicted molar refractivity (Wildman–Crippen MR) is 60.2 cm³/mol. The smallest absolute Gasteiger partial charge is 0.133 e. The van der Waals surface area contributed by atoms with Crippen LogP contribution in [0.4, 0.5) is 0 Å². The third-order valence-electron chi connectivity index (χ3n) is 1.55. The van der Waals surface area contributed by atoms with Crippen molar-refractivity contribution in [1.82, 2.24) is 4.98 Å². The van der Waals surface area contributed by atoms with E-state index in [1.165, 1.54) is 5.75 Å². The Bertz CT molecular complexity index is 263. The summed E-state index contributed by atoms with van der Waals surface area (Å²) < 4.78 is 0.